The van der Waals surface area contributed by atoms with Crippen molar-refractivity contribution in [1.82, 2.24) is 10.3 Å². The van der Waals surface area contributed by atoms with E-state index in [1.807, 2.05) is 49.4 Å². The number of benzene rings is 1. The van der Waals surface area contributed by atoms with E-state index in [-0.39, 0.29) is 19.6 Å². The summed E-state index contributed by atoms with van der Waals surface area (Å²) in [6, 6.07) is 14.2. The standard InChI is InChI=1S/C18H20N2O4/c1-13-6-5-9-15(20-13)16(10-17(21)22)19-11-18(23)24-12-14-7-3-2-4-8-14/h2-9,16,19H,10-12H2,1H3,(H,21,22). The molecule has 1 aromatic heterocycles. The highest BCUT2D eigenvalue weighted by atomic mass is 16.5. The summed E-state index contributed by atoms with van der Waals surface area (Å²) in [6.45, 7) is 1.93. The van der Waals surface area contributed by atoms with Crippen molar-refractivity contribution in [3.05, 3.63) is 65.5 Å². The lowest BCUT2D eigenvalue weighted by atomic mass is 10.1. The zero-order chi connectivity index (χ0) is 17.4. The molecule has 6 heteroatoms. The Kier molecular flexibility index (Phi) is 6.45. The number of aryl methyl sites for hydroxylation is 1. The molecule has 0 spiro atoms. The van der Waals surface area contributed by atoms with Crippen LogP contribution in [0, 0.1) is 6.92 Å². The Morgan fingerprint density at radius 2 is 1.92 bits per heavy atom. The van der Waals surface area contributed by atoms with E-state index in [2.05, 4.69) is 10.3 Å². The zero-order valence-corrected chi connectivity index (χ0v) is 13.4. The van der Waals surface area contributed by atoms with Crippen molar-refractivity contribution in [2.75, 3.05) is 6.54 Å². The van der Waals surface area contributed by atoms with Gasteiger partial charge >= 0.3 is 11.9 Å². The van der Waals surface area contributed by atoms with Crippen LogP contribution in [-0.4, -0.2) is 28.6 Å². The Morgan fingerprint density at radius 3 is 2.58 bits per heavy atom. The maximum Gasteiger partial charge on any atom is 0.320 e. The van der Waals surface area contributed by atoms with Gasteiger partial charge in [-0.1, -0.05) is 36.4 Å². The Bertz CT molecular complexity index is 688. The van der Waals surface area contributed by atoms with E-state index in [9.17, 15) is 9.59 Å². The molecule has 0 saturated carbocycles. The van der Waals surface area contributed by atoms with Gasteiger partial charge in [-0.2, -0.15) is 0 Å². The summed E-state index contributed by atoms with van der Waals surface area (Å²) in [5.41, 5.74) is 2.28. The van der Waals surface area contributed by atoms with E-state index in [4.69, 9.17) is 9.84 Å². The van der Waals surface area contributed by atoms with E-state index in [0.717, 1.165) is 11.3 Å². The number of ether oxygens (including phenoxy) is 1. The van der Waals surface area contributed by atoms with Crippen molar-refractivity contribution < 1.29 is 19.4 Å². The molecule has 1 unspecified atom stereocenters. The maximum atomic E-state index is 11.9. The number of nitrogens with one attached hydrogen (secondary N) is 1. The monoisotopic (exact) mass is 328 g/mol. The highest BCUT2D eigenvalue weighted by molar-refractivity contribution is 5.72. The lowest BCUT2D eigenvalue weighted by Gasteiger charge is -2.16. The number of carboxylic acid groups (broad SMARTS) is 1. The first kappa shape index (κ1) is 17.6. The Morgan fingerprint density at radius 1 is 1.17 bits per heavy atom. The molecule has 0 bridgehead atoms. The highest BCUT2D eigenvalue weighted by Gasteiger charge is 2.18. The molecule has 0 aliphatic rings. The van der Waals surface area contributed by atoms with E-state index >= 15 is 0 Å². The molecule has 0 amide bonds. The number of carbonyl (C=O) groups excluding carboxylic acids is 1. The lowest BCUT2D eigenvalue weighted by Crippen LogP contribution is -2.31. The van der Waals surface area contributed by atoms with Gasteiger partial charge < -0.3 is 9.84 Å². The zero-order valence-electron chi connectivity index (χ0n) is 13.4. The van der Waals surface area contributed by atoms with Crippen LogP contribution in [0.25, 0.3) is 0 Å². The number of aromatic nitrogens is 1. The van der Waals surface area contributed by atoms with Crippen molar-refractivity contribution >= 4 is 11.9 Å². The molecular weight excluding hydrogens is 308 g/mol. The van der Waals surface area contributed by atoms with Crippen molar-refractivity contribution in [3.8, 4) is 0 Å². The average molecular weight is 328 g/mol. The second kappa shape index (κ2) is 8.79. The van der Waals surface area contributed by atoms with Gasteiger partial charge in [0, 0.05) is 5.69 Å². The van der Waals surface area contributed by atoms with Crippen molar-refractivity contribution in [1.29, 1.82) is 0 Å². The number of nitrogens with zero attached hydrogens (tertiary/aromatic N) is 1. The van der Waals surface area contributed by atoms with Gasteiger partial charge in [0.05, 0.1) is 24.7 Å². The summed E-state index contributed by atoms with van der Waals surface area (Å²) in [7, 11) is 0. The number of esters is 1. The molecule has 0 saturated heterocycles. The first-order valence-electron chi connectivity index (χ1n) is 7.63. The second-order valence-electron chi connectivity index (χ2n) is 5.38. The molecule has 0 aliphatic heterocycles. The Balaban J connectivity index is 1.90. The lowest BCUT2D eigenvalue weighted by molar-refractivity contribution is -0.144. The normalized spacial score (nSPS) is 11.7. The van der Waals surface area contributed by atoms with Crippen molar-refractivity contribution in [3.63, 3.8) is 0 Å². The Labute approximate surface area is 140 Å². The largest absolute Gasteiger partial charge is 0.481 e. The quantitative estimate of drug-likeness (QED) is 0.723. The fourth-order valence-electron chi connectivity index (χ4n) is 2.21. The summed E-state index contributed by atoms with van der Waals surface area (Å²) in [5, 5.41) is 12.0. The smallest absolute Gasteiger partial charge is 0.320 e. The fraction of sp³-hybridized carbons (Fsp3) is 0.278. The molecule has 1 heterocycles. The molecule has 6 nitrogen and oxygen atoms in total. The number of hydrogen-bond acceptors (Lipinski definition) is 5. The molecule has 0 aliphatic carbocycles. The van der Waals surface area contributed by atoms with Gasteiger partial charge in [0.2, 0.25) is 0 Å². The Hall–Kier alpha value is -2.73. The molecule has 2 rings (SSSR count). The fourth-order valence-corrected chi connectivity index (χ4v) is 2.21. The summed E-state index contributed by atoms with van der Waals surface area (Å²) >= 11 is 0. The average Bonchev–Trinajstić information content (AvgIpc) is 2.57. The van der Waals surface area contributed by atoms with Crippen LogP contribution in [0.15, 0.2) is 48.5 Å². The maximum absolute atomic E-state index is 11.9. The summed E-state index contributed by atoms with van der Waals surface area (Å²) in [5.74, 6) is -1.41. The van der Waals surface area contributed by atoms with E-state index in [0.29, 0.717) is 5.69 Å². The number of rotatable bonds is 8. The van der Waals surface area contributed by atoms with E-state index in [1.54, 1.807) is 6.07 Å². The van der Waals surface area contributed by atoms with E-state index in [1.165, 1.54) is 0 Å². The summed E-state index contributed by atoms with van der Waals surface area (Å²) < 4.78 is 5.17. The van der Waals surface area contributed by atoms with Gasteiger partial charge in [0.25, 0.3) is 0 Å². The third kappa shape index (κ3) is 5.81. The predicted octanol–water partition coefficient (Wildman–Crippen LogP) is 2.24. The molecule has 0 radical (unpaired) electrons. The minimum Gasteiger partial charge on any atom is -0.481 e. The first-order chi connectivity index (χ1) is 11.5. The van der Waals surface area contributed by atoms with Crippen molar-refractivity contribution in [2.45, 2.75) is 26.0 Å². The minimum atomic E-state index is -0.964. The first-order valence-corrected chi connectivity index (χ1v) is 7.63. The van der Waals surface area contributed by atoms with Gasteiger partial charge in [-0.25, -0.2) is 0 Å². The van der Waals surface area contributed by atoms with Crippen molar-refractivity contribution in [2.24, 2.45) is 0 Å². The van der Waals surface area contributed by atoms with Crippen LogP contribution >= 0.6 is 0 Å². The van der Waals surface area contributed by atoms with Gasteiger partial charge in [-0.3, -0.25) is 19.9 Å². The molecule has 2 aromatic rings. The molecule has 24 heavy (non-hydrogen) atoms. The van der Waals surface area contributed by atoms with Gasteiger partial charge in [0.1, 0.15) is 6.61 Å². The summed E-state index contributed by atoms with van der Waals surface area (Å²) in [4.78, 5) is 27.2. The molecule has 1 atom stereocenters. The molecular formula is C18H20N2O4. The van der Waals surface area contributed by atoms with E-state index < -0.39 is 18.0 Å². The third-order valence-electron chi connectivity index (χ3n) is 3.38. The number of hydrogen-bond donors (Lipinski definition) is 2. The minimum absolute atomic E-state index is 0.0829. The number of carboxylic acids is 1. The van der Waals surface area contributed by atoms with Crippen LogP contribution in [0.1, 0.15) is 29.4 Å². The van der Waals surface area contributed by atoms with Crippen LogP contribution in [0.4, 0.5) is 0 Å². The molecule has 0 fully saturated rings. The summed E-state index contributed by atoms with van der Waals surface area (Å²) in [6.07, 6.45) is -0.164. The van der Waals surface area contributed by atoms with Gasteiger partial charge in [-0.15, -0.1) is 0 Å². The van der Waals surface area contributed by atoms with Crippen LogP contribution in [-0.2, 0) is 20.9 Å². The number of aliphatic carboxylic acids is 1. The number of pyridine rings is 1. The SMILES string of the molecule is Cc1cccc(C(CC(=O)O)NCC(=O)OCc2ccccc2)n1. The second-order valence-corrected chi connectivity index (χ2v) is 5.38. The van der Waals surface area contributed by atoms with Crippen LogP contribution in [0.3, 0.4) is 0 Å². The molecule has 2 N–H and O–H groups in total. The van der Waals surface area contributed by atoms with Crippen LogP contribution in [0.2, 0.25) is 0 Å². The van der Waals surface area contributed by atoms with Gasteiger partial charge in [-0.05, 0) is 24.6 Å². The van der Waals surface area contributed by atoms with Gasteiger partial charge in [0.15, 0.2) is 0 Å². The van der Waals surface area contributed by atoms with Crippen LogP contribution in [0.5, 0.6) is 0 Å². The highest BCUT2D eigenvalue weighted by Crippen LogP contribution is 2.15. The molecule has 126 valence electrons. The topological polar surface area (TPSA) is 88.5 Å². The molecule has 1 aromatic carbocycles. The van der Waals surface area contributed by atoms with Crippen LogP contribution < -0.4 is 5.32 Å². The number of carbonyl (C=O) groups is 2. The predicted molar refractivity (Wildman–Crippen MR) is 88.2 cm³/mol. The third-order valence-corrected chi connectivity index (χ3v) is 3.38.